The lowest BCUT2D eigenvalue weighted by Gasteiger charge is -2.13. The fourth-order valence-corrected chi connectivity index (χ4v) is 2.57. The van der Waals surface area contributed by atoms with Crippen LogP contribution < -0.4 is 5.32 Å². The predicted octanol–water partition coefficient (Wildman–Crippen LogP) is 3.74. The maximum absolute atomic E-state index is 12.9. The zero-order valence-corrected chi connectivity index (χ0v) is 14.4. The second-order valence-electron chi connectivity index (χ2n) is 5.94. The summed E-state index contributed by atoms with van der Waals surface area (Å²) in [6, 6.07) is 13.1. The molecule has 1 N–H and O–H groups in total. The van der Waals surface area contributed by atoms with Crippen LogP contribution in [0.25, 0.3) is 11.0 Å². The molecule has 2 aromatic carbocycles. The quantitative estimate of drug-likeness (QED) is 0.708. The molecule has 0 aliphatic rings. The molecule has 3 aromatic rings. The highest BCUT2D eigenvalue weighted by Crippen LogP contribution is 2.25. The number of ether oxygens (including phenoxy) is 1. The van der Waals surface area contributed by atoms with Crippen molar-refractivity contribution in [1.29, 1.82) is 0 Å². The number of fused-ring (bicyclic) bond motifs is 1. The van der Waals surface area contributed by atoms with E-state index in [1.807, 2.05) is 18.2 Å². The van der Waals surface area contributed by atoms with Gasteiger partial charge in [0.05, 0.1) is 0 Å². The van der Waals surface area contributed by atoms with E-state index in [1.54, 1.807) is 25.1 Å². The van der Waals surface area contributed by atoms with E-state index >= 15 is 0 Å². The first-order chi connectivity index (χ1) is 12.5. The number of furan rings is 1. The topological polar surface area (TPSA) is 68.5 Å². The van der Waals surface area contributed by atoms with Gasteiger partial charge in [-0.25, -0.2) is 9.18 Å². The lowest BCUT2D eigenvalue weighted by Crippen LogP contribution is -2.35. The summed E-state index contributed by atoms with van der Waals surface area (Å²) in [7, 11) is 0. The summed E-state index contributed by atoms with van der Waals surface area (Å²) >= 11 is 0. The lowest BCUT2D eigenvalue weighted by atomic mass is 10.1. The molecular formula is C20H18FNO4. The van der Waals surface area contributed by atoms with Crippen molar-refractivity contribution in [2.75, 3.05) is 0 Å². The first-order valence-corrected chi connectivity index (χ1v) is 8.17. The van der Waals surface area contributed by atoms with Gasteiger partial charge in [-0.05, 0) is 37.6 Å². The van der Waals surface area contributed by atoms with Crippen molar-refractivity contribution in [1.82, 2.24) is 5.32 Å². The Labute approximate surface area is 149 Å². The average molecular weight is 355 g/mol. The number of carbonyl (C=O) groups is 2. The van der Waals surface area contributed by atoms with Crippen LogP contribution in [-0.2, 0) is 16.1 Å². The number of nitrogens with one attached hydrogen (secondary N) is 1. The molecule has 134 valence electrons. The number of hydrogen-bond acceptors (Lipinski definition) is 4. The van der Waals surface area contributed by atoms with E-state index in [9.17, 15) is 14.0 Å². The molecule has 0 aliphatic heterocycles. The molecule has 26 heavy (non-hydrogen) atoms. The maximum atomic E-state index is 12.9. The number of para-hydroxylation sites is 1. The smallest absolute Gasteiger partial charge is 0.375 e. The van der Waals surface area contributed by atoms with E-state index in [0.717, 1.165) is 10.9 Å². The summed E-state index contributed by atoms with van der Waals surface area (Å²) in [6.45, 7) is 3.46. The summed E-state index contributed by atoms with van der Waals surface area (Å²) in [5, 5.41) is 3.47. The van der Waals surface area contributed by atoms with Gasteiger partial charge >= 0.3 is 5.97 Å². The highest BCUT2D eigenvalue weighted by atomic mass is 19.1. The Hall–Kier alpha value is -3.15. The molecule has 1 heterocycles. The molecule has 1 aromatic heterocycles. The molecule has 0 saturated heterocycles. The number of benzene rings is 2. The normalized spacial score (nSPS) is 12.0. The lowest BCUT2D eigenvalue weighted by molar-refractivity contribution is -0.129. The number of hydrogen-bond donors (Lipinski definition) is 1. The van der Waals surface area contributed by atoms with E-state index in [0.29, 0.717) is 11.1 Å². The summed E-state index contributed by atoms with van der Waals surface area (Å²) in [4.78, 5) is 24.4. The average Bonchev–Trinajstić information content (AvgIpc) is 2.98. The minimum absolute atomic E-state index is 0.0874. The molecule has 0 unspecified atom stereocenters. The molecule has 0 aliphatic carbocycles. The van der Waals surface area contributed by atoms with Gasteiger partial charge in [-0.3, -0.25) is 4.79 Å². The van der Waals surface area contributed by atoms with Crippen molar-refractivity contribution in [3.63, 3.8) is 0 Å². The standard InChI is InChI=1S/C20H18FNO4/c1-12-16-5-3-4-6-17(16)26-18(12)20(24)25-13(2)19(23)22-11-14-7-9-15(21)10-8-14/h3-10,13H,11H2,1-2H3,(H,22,23)/t13-/m1/s1. The Morgan fingerprint density at radius 1 is 1.15 bits per heavy atom. The maximum Gasteiger partial charge on any atom is 0.375 e. The van der Waals surface area contributed by atoms with Crippen LogP contribution in [0.5, 0.6) is 0 Å². The van der Waals surface area contributed by atoms with Crippen LogP contribution in [0, 0.1) is 12.7 Å². The number of esters is 1. The minimum Gasteiger partial charge on any atom is -0.449 e. The van der Waals surface area contributed by atoms with Gasteiger partial charge in [-0.1, -0.05) is 30.3 Å². The molecule has 1 atom stereocenters. The van der Waals surface area contributed by atoms with Gasteiger partial charge in [-0.15, -0.1) is 0 Å². The number of aryl methyl sites for hydroxylation is 1. The minimum atomic E-state index is -0.990. The molecule has 0 saturated carbocycles. The summed E-state index contributed by atoms with van der Waals surface area (Å²) in [5.41, 5.74) is 2.00. The molecule has 3 rings (SSSR count). The summed E-state index contributed by atoms with van der Waals surface area (Å²) in [6.07, 6.45) is -0.990. The van der Waals surface area contributed by atoms with Crippen molar-refractivity contribution in [2.24, 2.45) is 0 Å². The van der Waals surface area contributed by atoms with Gasteiger partial charge in [0.25, 0.3) is 5.91 Å². The summed E-state index contributed by atoms with van der Waals surface area (Å²) in [5.74, 6) is -1.40. The molecule has 5 nitrogen and oxygen atoms in total. The Bertz CT molecular complexity index is 946. The van der Waals surface area contributed by atoms with Crippen molar-refractivity contribution < 1.29 is 23.1 Å². The number of halogens is 1. The fraction of sp³-hybridized carbons (Fsp3) is 0.200. The SMILES string of the molecule is Cc1c(C(=O)O[C@H](C)C(=O)NCc2ccc(F)cc2)oc2ccccc12. The Balaban J connectivity index is 1.61. The van der Waals surface area contributed by atoms with Gasteiger partial charge in [0.2, 0.25) is 5.76 Å². The van der Waals surface area contributed by atoms with Crippen LogP contribution >= 0.6 is 0 Å². The van der Waals surface area contributed by atoms with Crippen molar-refractivity contribution in [3.8, 4) is 0 Å². The third-order valence-corrected chi connectivity index (χ3v) is 4.06. The molecule has 0 bridgehead atoms. The van der Waals surface area contributed by atoms with Crippen LogP contribution in [0.2, 0.25) is 0 Å². The van der Waals surface area contributed by atoms with Crippen molar-refractivity contribution in [2.45, 2.75) is 26.5 Å². The van der Waals surface area contributed by atoms with Gasteiger partial charge in [0.15, 0.2) is 6.10 Å². The van der Waals surface area contributed by atoms with Crippen molar-refractivity contribution in [3.05, 3.63) is 71.2 Å². The largest absolute Gasteiger partial charge is 0.449 e. The zero-order chi connectivity index (χ0) is 18.7. The third kappa shape index (κ3) is 3.74. The monoisotopic (exact) mass is 355 g/mol. The molecular weight excluding hydrogens is 337 g/mol. The van der Waals surface area contributed by atoms with Gasteiger partial charge < -0.3 is 14.5 Å². The predicted molar refractivity (Wildman–Crippen MR) is 94.1 cm³/mol. The Morgan fingerprint density at radius 2 is 1.85 bits per heavy atom. The fourth-order valence-electron chi connectivity index (χ4n) is 2.57. The molecule has 0 radical (unpaired) electrons. The molecule has 0 fully saturated rings. The molecule has 6 heteroatoms. The van der Waals surface area contributed by atoms with Crippen LogP contribution in [0.15, 0.2) is 52.9 Å². The number of rotatable bonds is 5. The molecule has 1 amide bonds. The van der Waals surface area contributed by atoms with Crippen LogP contribution in [0.4, 0.5) is 4.39 Å². The number of amides is 1. The van der Waals surface area contributed by atoms with Gasteiger partial charge in [0, 0.05) is 17.5 Å². The zero-order valence-electron chi connectivity index (χ0n) is 14.4. The van der Waals surface area contributed by atoms with E-state index in [4.69, 9.17) is 9.15 Å². The van der Waals surface area contributed by atoms with E-state index in [2.05, 4.69) is 5.32 Å². The van der Waals surface area contributed by atoms with Crippen LogP contribution in [0.1, 0.15) is 28.6 Å². The first kappa shape index (κ1) is 17.7. The van der Waals surface area contributed by atoms with E-state index in [-0.39, 0.29) is 18.1 Å². The van der Waals surface area contributed by atoms with E-state index < -0.39 is 18.0 Å². The highest BCUT2D eigenvalue weighted by Gasteiger charge is 2.23. The second kappa shape index (κ2) is 7.39. The third-order valence-electron chi connectivity index (χ3n) is 4.06. The Kier molecular flexibility index (Phi) is 5.02. The van der Waals surface area contributed by atoms with E-state index in [1.165, 1.54) is 19.1 Å². The summed E-state index contributed by atoms with van der Waals surface area (Å²) < 4.78 is 23.6. The van der Waals surface area contributed by atoms with Crippen LogP contribution in [0.3, 0.4) is 0 Å². The molecule has 0 spiro atoms. The van der Waals surface area contributed by atoms with Gasteiger partial charge in [0.1, 0.15) is 11.4 Å². The Morgan fingerprint density at radius 3 is 2.54 bits per heavy atom. The highest BCUT2D eigenvalue weighted by molar-refractivity contribution is 5.97. The van der Waals surface area contributed by atoms with Gasteiger partial charge in [-0.2, -0.15) is 0 Å². The number of carbonyl (C=O) groups excluding carboxylic acids is 2. The van der Waals surface area contributed by atoms with Crippen molar-refractivity contribution >= 4 is 22.8 Å². The second-order valence-corrected chi connectivity index (χ2v) is 5.94. The first-order valence-electron chi connectivity index (χ1n) is 8.17. The van der Waals surface area contributed by atoms with Crippen LogP contribution in [-0.4, -0.2) is 18.0 Å².